The van der Waals surface area contributed by atoms with Gasteiger partial charge in [-0.1, -0.05) is 35.9 Å². The number of amides is 2. The summed E-state index contributed by atoms with van der Waals surface area (Å²) in [5.74, 6) is 2.73. The maximum Gasteiger partial charge on any atom is 0.266 e. The molecule has 3 aromatic rings. The Labute approximate surface area is 265 Å². The molecular formula is C38H41N3O4. The Bertz CT molecular complexity index is 1630. The number of carbonyl (C=O) groups excluding carboxylic acids is 2. The van der Waals surface area contributed by atoms with Crippen molar-refractivity contribution in [3.63, 3.8) is 0 Å². The molecule has 0 unspecified atom stereocenters. The fourth-order valence-corrected chi connectivity index (χ4v) is 8.17. The molecule has 0 heterocycles. The van der Waals surface area contributed by atoms with E-state index in [2.05, 4.69) is 22.8 Å². The van der Waals surface area contributed by atoms with Crippen LogP contribution in [0.5, 0.6) is 11.5 Å². The normalized spacial score (nSPS) is 23.2. The van der Waals surface area contributed by atoms with E-state index in [1.165, 1.54) is 50.2 Å². The largest absolute Gasteiger partial charge is 0.490 e. The van der Waals surface area contributed by atoms with E-state index in [0.717, 1.165) is 34.6 Å². The van der Waals surface area contributed by atoms with Gasteiger partial charge in [-0.3, -0.25) is 9.59 Å². The zero-order chi connectivity index (χ0) is 31.6. The highest BCUT2D eigenvalue weighted by molar-refractivity contribution is 6.10. The predicted molar refractivity (Wildman–Crippen MR) is 176 cm³/mol. The molecular weight excluding hydrogens is 562 g/mol. The lowest BCUT2D eigenvalue weighted by Gasteiger charge is -2.57. The highest BCUT2D eigenvalue weighted by atomic mass is 16.5. The van der Waals surface area contributed by atoms with Crippen molar-refractivity contribution in [2.75, 3.05) is 23.8 Å². The van der Waals surface area contributed by atoms with Gasteiger partial charge >= 0.3 is 0 Å². The lowest BCUT2D eigenvalue weighted by atomic mass is 9.48. The average molecular weight is 604 g/mol. The summed E-state index contributed by atoms with van der Waals surface area (Å²) in [7, 11) is 0. The number of anilines is 2. The van der Waals surface area contributed by atoms with Crippen molar-refractivity contribution in [2.24, 2.45) is 17.8 Å². The molecule has 4 bridgehead atoms. The third-order valence-electron chi connectivity index (χ3n) is 9.75. The van der Waals surface area contributed by atoms with Gasteiger partial charge in [-0.05, 0) is 136 Å². The Morgan fingerprint density at radius 3 is 2.20 bits per heavy atom. The Hall–Kier alpha value is -4.57. The molecule has 0 aliphatic heterocycles. The van der Waals surface area contributed by atoms with Gasteiger partial charge in [-0.25, -0.2) is 0 Å². The van der Waals surface area contributed by atoms with E-state index in [0.29, 0.717) is 34.8 Å². The molecule has 0 radical (unpaired) electrons. The first-order valence-corrected chi connectivity index (χ1v) is 16.0. The summed E-state index contributed by atoms with van der Waals surface area (Å²) in [6.45, 7) is 5.93. The Balaban J connectivity index is 1.07. The number of ether oxygens (including phenoxy) is 2. The monoisotopic (exact) mass is 603 g/mol. The number of hydrogen-bond acceptors (Lipinski definition) is 5. The van der Waals surface area contributed by atoms with Crippen LogP contribution in [0.4, 0.5) is 11.4 Å². The second-order valence-corrected chi connectivity index (χ2v) is 13.2. The molecule has 0 spiro atoms. The smallest absolute Gasteiger partial charge is 0.266 e. The third kappa shape index (κ3) is 6.76. The second kappa shape index (κ2) is 12.8. The molecule has 232 valence electrons. The van der Waals surface area contributed by atoms with Gasteiger partial charge in [0.15, 0.2) is 18.1 Å². The van der Waals surface area contributed by atoms with Crippen LogP contribution in [-0.2, 0) is 15.0 Å². The minimum absolute atomic E-state index is 0.0420. The van der Waals surface area contributed by atoms with Crippen LogP contribution in [0.25, 0.3) is 6.08 Å². The summed E-state index contributed by atoms with van der Waals surface area (Å²) in [5, 5.41) is 15.5. The molecule has 0 atom stereocenters. The highest BCUT2D eigenvalue weighted by Gasteiger charge is 2.51. The minimum Gasteiger partial charge on any atom is -0.490 e. The zero-order valence-electron chi connectivity index (χ0n) is 26.3. The van der Waals surface area contributed by atoms with Crippen LogP contribution in [0.2, 0.25) is 0 Å². The first-order valence-electron chi connectivity index (χ1n) is 16.0. The van der Waals surface area contributed by atoms with Gasteiger partial charge in [0, 0.05) is 11.4 Å². The van der Waals surface area contributed by atoms with Crippen LogP contribution in [0.15, 0.2) is 66.2 Å². The molecule has 4 aliphatic carbocycles. The van der Waals surface area contributed by atoms with E-state index in [1.807, 2.05) is 57.2 Å². The maximum absolute atomic E-state index is 12.8. The quantitative estimate of drug-likeness (QED) is 0.182. The summed E-state index contributed by atoms with van der Waals surface area (Å²) in [4.78, 5) is 25.7. The molecule has 0 aromatic heterocycles. The van der Waals surface area contributed by atoms with Crippen LogP contribution in [0.1, 0.15) is 67.7 Å². The topological polar surface area (TPSA) is 100 Å². The average Bonchev–Trinajstić information content (AvgIpc) is 3.00. The number of rotatable bonds is 10. The van der Waals surface area contributed by atoms with Gasteiger partial charge in [0.2, 0.25) is 0 Å². The number of nitriles is 1. The molecule has 4 saturated carbocycles. The van der Waals surface area contributed by atoms with E-state index >= 15 is 0 Å². The van der Waals surface area contributed by atoms with Crippen LogP contribution in [0, 0.1) is 42.9 Å². The first kappa shape index (κ1) is 30.5. The van der Waals surface area contributed by atoms with E-state index in [-0.39, 0.29) is 18.1 Å². The van der Waals surface area contributed by atoms with Crippen LogP contribution in [0.3, 0.4) is 0 Å². The molecule has 2 amide bonds. The van der Waals surface area contributed by atoms with Crippen molar-refractivity contribution in [2.45, 2.75) is 64.7 Å². The van der Waals surface area contributed by atoms with Gasteiger partial charge in [0.05, 0.1) is 6.61 Å². The standard InChI is InChI=1S/C38H41N3O4/c1-4-44-35-18-26(17-30(22-39)37(43)41-33-11-5-24(2)13-25(33)3)6-12-34(35)45-23-36(42)40-32-9-7-31(8-10-32)38-19-27-14-28(20-38)16-29(15-27)21-38/h5-13,17-18,27-29H,4,14-16,19-21,23H2,1-3H3,(H,40,42)(H,41,43)/b30-17-. The summed E-state index contributed by atoms with van der Waals surface area (Å²) in [6, 6.07) is 21.2. The number of nitrogens with zero attached hydrogens (tertiary/aromatic N) is 1. The molecule has 2 N–H and O–H groups in total. The van der Waals surface area contributed by atoms with Crippen LogP contribution >= 0.6 is 0 Å². The van der Waals surface area contributed by atoms with E-state index in [1.54, 1.807) is 18.2 Å². The van der Waals surface area contributed by atoms with Crippen molar-refractivity contribution < 1.29 is 19.1 Å². The molecule has 3 aromatic carbocycles. The Kier molecular flexibility index (Phi) is 8.67. The van der Waals surface area contributed by atoms with Crippen molar-refractivity contribution in [3.8, 4) is 17.6 Å². The highest BCUT2D eigenvalue weighted by Crippen LogP contribution is 2.60. The number of aryl methyl sites for hydroxylation is 2. The van der Waals surface area contributed by atoms with Crippen LogP contribution in [-0.4, -0.2) is 25.0 Å². The van der Waals surface area contributed by atoms with E-state index < -0.39 is 5.91 Å². The summed E-state index contributed by atoms with van der Waals surface area (Å²) in [6.07, 6.45) is 9.71. The maximum atomic E-state index is 12.8. The number of carbonyl (C=O) groups is 2. The fraction of sp³-hybridized carbons (Fsp3) is 0.395. The van der Waals surface area contributed by atoms with Crippen molar-refractivity contribution in [1.29, 1.82) is 5.26 Å². The van der Waals surface area contributed by atoms with Crippen molar-refractivity contribution >= 4 is 29.3 Å². The Morgan fingerprint density at radius 2 is 1.58 bits per heavy atom. The van der Waals surface area contributed by atoms with Gasteiger partial charge < -0.3 is 20.1 Å². The molecule has 4 aliphatic rings. The van der Waals surface area contributed by atoms with E-state index in [9.17, 15) is 14.9 Å². The van der Waals surface area contributed by atoms with E-state index in [4.69, 9.17) is 9.47 Å². The third-order valence-corrected chi connectivity index (χ3v) is 9.75. The minimum atomic E-state index is -0.495. The molecule has 7 nitrogen and oxygen atoms in total. The molecule has 7 rings (SSSR count). The van der Waals surface area contributed by atoms with Crippen molar-refractivity contribution in [1.82, 2.24) is 0 Å². The lowest BCUT2D eigenvalue weighted by molar-refractivity contribution is -0.118. The molecule has 4 fully saturated rings. The van der Waals surface area contributed by atoms with Gasteiger partial charge in [-0.15, -0.1) is 0 Å². The summed E-state index contributed by atoms with van der Waals surface area (Å²) < 4.78 is 11.6. The number of hydrogen-bond donors (Lipinski definition) is 2. The fourth-order valence-electron chi connectivity index (χ4n) is 8.17. The Morgan fingerprint density at radius 1 is 0.889 bits per heavy atom. The van der Waals surface area contributed by atoms with Gasteiger partial charge in [-0.2, -0.15) is 5.26 Å². The molecule has 45 heavy (non-hydrogen) atoms. The lowest BCUT2D eigenvalue weighted by Crippen LogP contribution is -2.48. The van der Waals surface area contributed by atoms with Crippen molar-refractivity contribution in [3.05, 3.63) is 88.5 Å². The number of benzene rings is 3. The predicted octanol–water partition coefficient (Wildman–Crippen LogP) is 7.73. The van der Waals surface area contributed by atoms with Gasteiger partial charge in [0.1, 0.15) is 11.6 Å². The number of nitrogens with one attached hydrogen (secondary N) is 2. The summed E-state index contributed by atoms with van der Waals surface area (Å²) in [5.41, 5.74) is 5.73. The SMILES string of the molecule is CCOc1cc(/C=C(/C#N)C(=O)Nc2ccc(C)cc2C)ccc1OCC(=O)Nc1ccc(C23CC4CC(CC(C4)C2)C3)cc1. The second-order valence-electron chi connectivity index (χ2n) is 13.2. The zero-order valence-corrected chi connectivity index (χ0v) is 26.3. The first-order chi connectivity index (χ1) is 21.7. The van der Waals surface area contributed by atoms with Gasteiger partial charge in [0.25, 0.3) is 11.8 Å². The summed E-state index contributed by atoms with van der Waals surface area (Å²) >= 11 is 0. The molecule has 0 saturated heterocycles. The van der Waals surface area contributed by atoms with Crippen LogP contribution < -0.4 is 20.1 Å². The molecule has 7 heteroatoms.